The predicted octanol–water partition coefficient (Wildman–Crippen LogP) is 1.05. The van der Waals surface area contributed by atoms with Crippen molar-refractivity contribution in [2.75, 3.05) is 17.2 Å². The van der Waals surface area contributed by atoms with Crippen LogP contribution in [-0.2, 0) is 20.9 Å². The van der Waals surface area contributed by atoms with Gasteiger partial charge in [-0.15, -0.1) is 0 Å². The Morgan fingerprint density at radius 2 is 2.12 bits per heavy atom. The maximum atomic E-state index is 12.2. The maximum absolute atomic E-state index is 12.2. The van der Waals surface area contributed by atoms with Gasteiger partial charge < -0.3 is 10.1 Å². The minimum atomic E-state index is -0.520. The molecule has 25 heavy (non-hydrogen) atoms. The average Bonchev–Trinajstić information content (AvgIpc) is 3.03. The van der Waals surface area contributed by atoms with Crippen molar-refractivity contribution >= 4 is 29.4 Å². The van der Waals surface area contributed by atoms with E-state index in [2.05, 4.69) is 20.7 Å². The fraction of sp³-hybridized carbons (Fsp3) is 0.312. The number of ether oxygens (including phenoxy) is 1. The molecule has 9 heteroatoms. The molecule has 2 aromatic rings. The molecule has 0 spiro atoms. The highest BCUT2D eigenvalue weighted by molar-refractivity contribution is 5.98. The summed E-state index contributed by atoms with van der Waals surface area (Å²) in [5, 5.41) is 9.31. The van der Waals surface area contributed by atoms with Crippen molar-refractivity contribution in [1.82, 2.24) is 14.8 Å². The molecule has 2 amide bonds. The number of anilines is 2. The third kappa shape index (κ3) is 3.82. The van der Waals surface area contributed by atoms with Gasteiger partial charge in [-0.05, 0) is 31.2 Å². The largest absolute Gasteiger partial charge is 0.462 e. The third-order valence-electron chi connectivity index (χ3n) is 3.73. The predicted molar refractivity (Wildman–Crippen MR) is 87.8 cm³/mol. The Morgan fingerprint density at radius 3 is 2.84 bits per heavy atom. The molecule has 1 unspecified atom stereocenters. The summed E-state index contributed by atoms with van der Waals surface area (Å²) in [6.07, 6.45) is 1.37. The first-order valence-corrected chi connectivity index (χ1v) is 7.82. The van der Waals surface area contributed by atoms with Crippen molar-refractivity contribution in [3.63, 3.8) is 0 Å². The molecular formula is C16H17N5O4. The topological polar surface area (TPSA) is 115 Å². The number of hydrogen-bond donors (Lipinski definition) is 2. The Kier molecular flexibility index (Phi) is 4.73. The van der Waals surface area contributed by atoms with Gasteiger partial charge in [-0.1, -0.05) is 0 Å². The van der Waals surface area contributed by atoms with Crippen LogP contribution in [0.25, 0.3) is 0 Å². The Morgan fingerprint density at radius 1 is 1.36 bits per heavy atom. The van der Waals surface area contributed by atoms with E-state index in [1.54, 1.807) is 35.9 Å². The second-order valence-electron chi connectivity index (χ2n) is 5.50. The van der Waals surface area contributed by atoms with Gasteiger partial charge in [0.1, 0.15) is 6.33 Å². The summed E-state index contributed by atoms with van der Waals surface area (Å²) in [6, 6.07) is 6.37. The quantitative estimate of drug-likeness (QED) is 0.784. The summed E-state index contributed by atoms with van der Waals surface area (Å²) in [7, 11) is 0. The highest BCUT2D eigenvalue weighted by atomic mass is 16.5. The molecule has 1 aliphatic rings. The molecule has 1 atom stereocenters. The van der Waals surface area contributed by atoms with Crippen molar-refractivity contribution in [2.24, 2.45) is 5.92 Å². The molecule has 1 aromatic carbocycles. The monoisotopic (exact) mass is 343 g/mol. The molecule has 1 aliphatic heterocycles. The second-order valence-corrected chi connectivity index (χ2v) is 5.50. The first kappa shape index (κ1) is 16.6. The summed E-state index contributed by atoms with van der Waals surface area (Å²) in [4.78, 5) is 39.7. The lowest BCUT2D eigenvalue weighted by atomic mass is 10.0. The van der Waals surface area contributed by atoms with Crippen LogP contribution in [0.1, 0.15) is 23.7 Å². The Bertz CT molecular complexity index is 799. The molecular weight excluding hydrogens is 326 g/mol. The van der Waals surface area contributed by atoms with Crippen molar-refractivity contribution in [3.8, 4) is 0 Å². The van der Waals surface area contributed by atoms with E-state index in [1.165, 1.54) is 6.33 Å². The highest BCUT2D eigenvalue weighted by Crippen LogP contribution is 2.19. The molecule has 2 heterocycles. The van der Waals surface area contributed by atoms with Gasteiger partial charge in [0.05, 0.1) is 24.6 Å². The first-order valence-electron chi connectivity index (χ1n) is 7.82. The van der Waals surface area contributed by atoms with Gasteiger partial charge in [0.25, 0.3) is 0 Å². The number of esters is 1. The number of nitrogens with zero attached hydrogens (tertiary/aromatic N) is 3. The molecule has 130 valence electrons. The number of hydrogen-bond acceptors (Lipinski definition) is 6. The van der Waals surface area contributed by atoms with Crippen LogP contribution in [0.2, 0.25) is 0 Å². The van der Waals surface area contributed by atoms with Gasteiger partial charge in [0.15, 0.2) is 0 Å². The van der Waals surface area contributed by atoms with E-state index in [0.717, 1.165) is 0 Å². The normalized spacial score (nSPS) is 15.9. The number of carbonyl (C=O) groups is 3. The van der Waals surface area contributed by atoms with Crippen LogP contribution < -0.4 is 10.6 Å². The van der Waals surface area contributed by atoms with E-state index in [0.29, 0.717) is 30.4 Å². The Balaban J connectivity index is 1.58. The molecule has 0 fully saturated rings. The smallest absolute Gasteiger partial charge is 0.338 e. The molecule has 0 radical (unpaired) electrons. The second kappa shape index (κ2) is 7.12. The van der Waals surface area contributed by atoms with E-state index in [9.17, 15) is 14.4 Å². The third-order valence-corrected chi connectivity index (χ3v) is 3.73. The number of fused-ring (bicyclic) bond motifs is 1. The minimum absolute atomic E-state index is 0.0186. The molecule has 0 saturated heterocycles. The lowest BCUT2D eigenvalue weighted by molar-refractivity contribution is -0.125. The van der Waals surface area contributed by atoms with E-state index in [-0.39, 0.29) is 18.2 Å². The Hall–Kier alpha value is -3.23. The van der Waals surface area contributed by atoms with Gasteiger partial charge in [-0.3, -0.25) is 14.9 Å². The zero-order chi connectivity index (χ0) is 17.8. The SMILES string of the molecule is CCOC(=O)c1ccc(NC(=O)CC2Cn3ncnc3NC2=O)cc1. The van der Waals surface area contributed by atoms with Gasteiger partial charge >= 0.3 is 5.97 Å². The zero-order valence-corrected chi connectivity index (χ0v) is 13.6. The number of benzene rings is 1. The molecule has 0 aliphatic carbocycles. The van der Waals surface area contributed by atoms with E-state index in [4.69, 9.17) is 4.74 Å². The molecule has 0 bridgehead atoms. The number of carbonyl (C=O) groups excluding carboxylic acids is 3. The number of amides is 2. The zero-order valence-electron chi connectivity index (χ0n) is 13.6. The molecule has 0 saturated carbocycles. The first-order chi connectivity index (χ1) is 12.1. The van der Waals surface area contributed by atoms with Crippen molar-refractivity contribution < 1.29 is 19.1 Å². The fourth-order valence-electron chi connectivity index (χ4n) is 2.50. The van der Waals surface area contributed by atoms with Crippen molar-refractivity contribution in [2.45, 2.75) is 19.9 Å². The lowest BCUT2D eigenvalue weighted by Gasteiger charge is -2.21. The maximum Gasteiger partial charge on any atom is 0.338 e. The highest BCUT2D eigenvalue weighted by Gasteiger charge is 2.29. The van der Waals surface area contributed by atoms with Crippen molar-refractivity contribution in [3.05, 3.63) is 36.2 Å². The number of aromatic nitrogens is 3. The van der Waals surface area contributed by atoms with Crippen LogP contribution in [0.4, 0.5) is 11.6 Å². The van der Waals surface area contributed by atoms with Crippen molar-refractivity contribution in [1.29, 1.82) is 0 Å². The molecule has 3 rings (SSSR count). The summed E-state index contributed by atoms with van der Waals surface area (Å²) in [5.74, 6) is -1.10. The van der Waals surface area contributed by atoms with E-state index < -0.39 is 11.9 Å². The minimum Gasteiger partial charge on any atom is -0.462 e. The lowest BCUT2D eigenvalue weighted by Crippen LogP contribution is -2.36. The van der Waals surface area contributed by atoms with Gasteiger partial charge in [-0.25, -0.2) is 9.48 Å². The van der Waals surface area contributed by atoms with Crippen LogP contribution >= 0.6 is 0 Å². The van der Waals surface area contributed by atoms with Crippen LogP contribution in [0.15, 0.2) is 30.6 Å². The molecule has 1 aromatic heterocycles. The van der Waals surface area contributed by atoms with Gasteiger partial charge in [-0.2, -0.15) is 10.1 Å². The number of nitrogens with one attached hydrogen (secondary N) is 2. The van der Waals surface area contributed by atoms with Gasteiger partial charge in [0.2, 0.25) is 17.8 Å². The standard InChI is InChI=1S/C16H17N5O4/c1-2-25-15(24)10-3-5-12(6-4-10)19-13(22)7-11-8-21-16(17-9-18-21)20-14(11)23/h3-6,9,11H,2,7-8H2,1H3,(H,19,22)(H,17,18,20,23). The van der Waals surface area contributed by atoms with Crippen LogP contribution in [0.5, 0.6) is 0 Å². The molecule has 2 N–H and O–H groups in total. The van der Waals surface area contributed by atoms with Crippen LogP contribution in [-0.4, -0.2) is 39.2 Å². The van der Waals surface area contributed by atoms with Gasteiger partial charge in [0, 0.05) is 12.1 Å². The summed E-state index contributed by atoms with van der Waals surface area (Å²) in [5.41, 5.74) is 0.945. The average molecular weight is 343 g/mol. The van der Waals surface area contributed by atoms with Crippen LogP contribution in [0.3, 0.4) is 0 Å². The summed E-state index contributed by atoms with van der Waals surface area (Å²) in [6.45, 7) is 2.33. The summed E-state index contributed by atoms with van der Waals surface area (Å²) < 4.78 is 6.45. The Labute approximate surface area is 143 Å². The molecule has 9 nitrogen and oxygen atoms in total. The van der Waals surface area contributed by atoms with Crippen LogP contribution in [0, 0.1) is 5.92 Å². The summed E-state index contributed by atoms with van der Waals surface area (Å²) >= 11 is 0. The number of rotatable bonds is 5. The fourth-order valence-corrected chi connectivity index (χ4v) is 2.50. The van der Waals surface area contributed by atoms with E-state index >= 15 is 0 Å². The van der Waals surface area contributed by atoms with E-state index in [1.807, 2.05) is 0 Å².